The Morgan fingerprint density at radius 1 is 0.287 bits per heavy atom. The van der Waals surface area contributed by atoms with Gasteiger partial charge in [-0.25, -0.2) is 20.0 Å². The number of carbonyl (C=O) groups is 4. The maximum atomic E-state index is 14.3. The molecule has 0 saturated heterocycles. The molecule has 4 unspecified atom stereocenters. The number of ketones is 4. The van der Waals surface area contributed by atoms with Crippen LogP contribution in [0.2, 0.25) is 0 Å². The number of aromatic nitrogens is 4. The van der Waals surface area contributed by atoms with Crippen LogP contribution in [-0.2, 0) is 0 Å². The highest BCUT2D eigenvalue weighted by atomic mass is 16.6. The van der Waals surface area contributed by atoms with Crippen molar-refractivity contribution in [2.45, 2.75) is 184 Å². The minimum Gasteiger partial charge on any atom is -0.452 e. The first-order valence-corrected chi connectivity index (χ1v) is 39.5. The van der Waals surface area contributed by atoms with Gasteiger partial charge in [0.15, 0.2) is 34.6 Å². The van der Waals surface area contributed by atoms with E-state index in [1.54, 1.807) is 97.1 Å². The third kappa shape index (κ3) is 17.0. The van der Waals surface area contributed by atoms with Crippen molar-refractivity contribution in [1.29, 1.82) is 0 Å². The van der Waals surface area contributed by atoms with Crippen LogP contribution >= 0.6 is 0 Å². The Bertz CT molecular complexity index is 5120. The summed E-state index contributed by atoms with van der Waals surface area (Å²) in [7, 11) is 0. The molecule has 4 atom stereocenters. The number of Topliss-reactive ketones (excluding diaryl/α,β-unsaturated/α-hetero) is 4. The molecule has 4 N–H and O–H groups in total. The lowest BCUT2D eigenvalue weighted by molar-refractivity contribution is 0.0948. The molecule has 0 aliphatic carbocycles. The molecule has 8 bridgehead atoms. The monoisotopic (exact) mass is 1440 g/mol. The minimum absolute atomic E-state index is 0.0240. The van der Waals surface area contributed by atoms with Crippen molar-refractivity contribution in [2.24, 2.45) is 43.6 Å². The smallest absolute Gasteiger partial charge is 0.217 e. The number of nitrogens with one attached hydrogen (secondary N) is 4. The van der Waals surface area contributed by atoms with Gasteiger partial charge in [-0.05, 0) is 121 Å². The average Bonchev–Trinajstić information content (AvgIpc) is 1.52. The van der Waals surface area contributed by atoms with Crippen LogP contribution in [-0.4, -0.2) is 43.1 Å². The minimum atomic E-state index is 0.0240. The number of hydrogen-bond donors (Lipinski definition) is 4. The van der Waals surface area contributed by atoms with Crippen LogP contribution in [0.4, 0.5) is 23.3 Å². The summed E-state index contributed by atoms with van der Waals surface area (Å²) in [4.78, 5) is 93.5. The lowest BCUT2D eigenvalue weighted by Gasteiger charge is -2.22. The molecule has 16 heteroatoms. The zero-order valence-electron chi connectivity index (χ0n) is 63.7. The molecule has 1 aliphatic heterocycles. The van der Waals surface area contributed by atoms with Crippen LogP contribution in [0.15, 0.2) is 190 Å². The Hall–Kier alpha value is -11.0. The Morgan fingerprint density at radius 2 is 0.519 bits per heavy atom. The van der Waals surface area contributed by atoms with Gasteiger partial charge in [0.1, 0.15) is 68.2 Å². The van der Waals surface area contributed by atoms with Crippen LogP contribution in [0, 0.1) is 23.7 Å². The Morgan fingerprint density at radius 3 is 0.769 bits per heavy atom. The highest BCUT2D eigenvalue weighted by Gasteiger charge is 2.33. The van der Waals surface area contributed by atoms with E-state index in [9.17, 15) is 19.2 Å². The highest BCUT2D eigenvalue weighted by molar-refractivity contribution is 6.04. The number of H-pyrrole nitrogens is 4. The van der Waals surface area contributed by atoms with Crippen LogP contribution in [0.5, 0.6) is 46.0 Å². The van der Waals surface area contributed by atoms with Gasteiger partial charge in [-0.3, -0.25) is 19.2 Å². The Kier molecular flexibility index (Phi) is 24.5. The van der Waals surface area contributed by atoms with Gasteiger partial charge >= 0.3 is 0 Å². The summed E-state index contributed by atoms with van der Waals surface area (Å²) >= 11 is 0. The van der Waals surface area contributed by atoms with E-state index in [1.807, 2.05) is 72.8 Å². The van der Waals surface area contributed by atoms with E-state index in [4.69, 9.17) is 38.9 Å². The van der Waals surface area contributed by atoms with Gasteiger partial charge in [0.25, 0.3) is 0 Å². The first-order chi connectivity index (χ1) is 52.8. The molecule has 0 spiro atoms. The average molecular weight is 1450 g/mol. The zero-order valence-corrected chi connectivity index (χ0v) is 63.7. The van der Waals surface area contributed by atoms with Gasteiger partial charge in [-0.15, -0.1) is 0 Å². The summed E-state index contributed by atoms with van der Waals surface area (Å²) in [6, 6.07) is 52.5. The fourth-order valence-electron chi connectivity index (χ4n) is 14.9. The first-order valence-electron chi connectivity index (χ1n) is 39.5. The molecule has 0 radical (unpaired) electrons. The second-order valence-corrected chi connectivity index (χ2v) is 29.1. The summed E-state index contributed by atoms with van der Waals surface area (Å²) in [6.07, 6.45) is 17.5. The van der Waals surface area contributed by atoms with E-state index in [-0.39, 0.29) is 80.8 Å². The molecule has 8 aromatic carbocycles. The van der Waals surface area contributed by atoms with Crippen molar-refractivity contribution in [3.8, 4) is 46.0 Å². The number of benzene rings is 8. The fraction of sp³-hybridized carbons (Fsp3) is 0.348. The van der Waals surface area contributed by atoms with E-state index < -0.39 is 0 Å². The molecule has 12 aromatic rings. The van der Waals surface area contributed by atoms with E-state index in [0.29, 0.717) is 116 Å². The van der Waals surface area contributed by atoms with Crippen molar-refractivity contribution in [3.63, 3.8) is 0 Å². The highest BCUT2D eigenvalue weighted by Crippen LogP contribution is 2.55. The van der Waals surface area contributed by atoms with Crippen molar-refractivity contribution >= 4 is 89.5 Å². The Balaban J connectivity index is 1.12. The molecule has 1 aliphatic rings. The van der Waals surface area contributed by atoms with Crippen molar-refractivity contribution in [2.75, 3.05) is 0 Å². The van der Waals surface area contributed by atoms with Gasteiger partial charge in [0.05, 0.1) is 10.8 Å². The van der Waals surface area contributed by atoms with Crippen LogP contribution in [0.1, 0.15) is 225 Å². The molecule has 108 heavy (non-hydrogen) atoms. The van der Waals surface area contributed by atoms with Gasteiger partial charge in [0.2, 0.25) is 11.5 Å². The lowest BCUT2D eigenvalue weighted by Crippen LogP contribution is -2.10. The second-order valence-electron chi connectivity index (χ2n) is 29.1. The predicted octanol–water partition coefficient (Wildman–Crippen LogP) is 24.1. The van der Waals surface area contributed by atoms with Crippen LogP contribution in [0.25, 0.3) is 43.1 Å². The van der Waals surface area contributed by atoms with Crippen LogP contribution < -0.4 is 40.9 Å². The van der Waals surface area contributed by atoms with E-state index in [0.717, 1.165) is 135 Å². The first kappa shape index (κ1) is 75.2. The van der Waals surface area contributed by atoms with Crippen LogP contribution in [0.3, 0.4) is 0 Å². The molecule has 4 aromatic heterocycles. The van der Waals surface area contributed by atoms with Crippen molar-refractivity contribution in [1.82, 2.24) is 19.9 Å². The normalized spacial score (nSPS) is 13.1. The molecular formula is C92H100N8O8. The quantitative estimate of drug-likeness (QED) is 0.0276. The molecular weight excluding hydrogens is 1350 g/mol. The summed E-state index contributed by atoms with van der Waals surface area (Å²) in [6.45, 7) is 17.3. The van der Waals surface area contributed by atoms with Crippen molar-refractivity contribution in [3.05, 3.63) is 214 Å². The molecule has 5 heterocycles. The van der Waals surface area contributed by atoms with Gasteiger partial charge in [0, 0.05) is 80.3 Å². The van der Waals surface area contributed by atoms with E-state index in [2.05, 4.69) is 75.3 Å². The van der Waals surface area contributed by atoms with E-state index >= 15 is 0 Å². The third-order valence-electron chi connectivity index (χ3n) is 21.6. The molecule has 13 rings (SSSR count). The molecule has 0 fully saturated rings. The number of hydrogen-bond acceptors (Lipinski definition) is 12. The number of aromatic amines is 4. The third-order valence-corrected chi connectivity index (χ3v) is 21.6. The Labute approximate surface area is 631 Å². The molecule has 0 amide bonds. The summed E-state index contributed by atoms with van der Waals surface area (Å²) in [5.74, 6) is 4.66. The van der Waals surface area contributed by atoms with Crippen molar-refractivity contribution < 1.29 is 38.1 Å². The van der Waals surface area contributed by atoms with Gasteiger partial charge in [-0.1, -0.05) is 231 Å². The second kappa shape index (κ2) is 35.1. The predicted molar refractivity (Wildman–Crippen MR) is 432 cm³/mol. The summed E-state index contributed by atoms with van der Waals surface area (Å²) in [5.41, 5.74) is 3.86. The molecule has 16 nitrogen and oxygen atoms in total. The molecule has 556 valence electrons. The summed E-state index contributed by atoms with van der Waals surface area (Å²) in [5, 5.41) is 5.47. The van der Waals surface area contributed by atoms with Gasteiger partial charge < -0.3 is 38.9 Å². The number of unbranched alkanes of at least 4 members (excludes halogenated alkanes) is 4. The maximum Gasteiger partial charge on any atom is 0.217 e. The standard InChI is InChI=1S/C92H100N8O8/c1-9-17-27-57(13-5)53-75(101)61-37-45-65(46-38-61)105-81-79-80(92-99-90-74-36-26-24-34-72(74)88(97-90)95-86-70-32-22-21-31-69(70)85(93-86)94-87-71-33-23-25-35-73(71)89(96-87)98-91(79)100-92)82(106-66-47-39-62(40-48-66)76(102)54-58(14-6)28-18-10-2)84(108-68-51-43-64(44-52-68)78(104)56-60(16-8)30-20-12-4)83(81)107-67-49-41-63(42-50-67)77(103)55-59(15-7)29-19-11-3/h21-26,31-52,57-60H,9-20,27-30,53-56H2,1-8H3,(H4,93,94,95,96,97,98,99,100). The SMILES string of the molecule is CCCCC(CC)CC(=O)c1ccc(Oc2c(Oc3ccc(C(=O)CC(CC)CCCC)cc3)c(Oc3ccc(C(=O)CC(CC)CCCC)cc3)c3c4[nH]c(c3c2Oc2ccc(C(=O)CC(CC)CCCC)cc2)=Nc2[nH]c(c3ccccc23)N=c2[nH]c(c3ccccc23)=Nc2[nH]c(c3ccccc23)N=4)cc1. The topological polar surface area (TPSA) is 218 Å². The van der Waals surface area contributed by atoms with E-state index in [1.165, 1.54) is 0 Å². The number of fused-ring (bicyclic) bond motifs is 20. The summed E-state index contributed by atoms with van der Waals surface area (Å²) < 4.78 is 29.9. The zero-order chi connectivity index (χ0) is 75.2. The molecule has 0 saturated carbocycles. The number of ether oxygens (including phenoxy) is 4. The maximum absolute atomic E-state index is 14.3. The lowest BCUT2D eigenvalue weighted by atomic mass is 9.91. The number of nitrogens with zero attached hydrogens (tertiary/aromatic N) is 4. The van der Waals surface area contributed by atoms with Gasteiger partial charge in [-0.2, -0.15) is 0 Å². The number of rotatable bonds is 36. The largest absolute Gasteiger partial charge is 0.452 e. The fourth-order valence-corrected chi connectivity index (χ4v) is 14.9. The number of carbonyl (C=O) groups excluding carboxylic acids is 4.